The van der Waals surface area contributed by atoms with Crippen LogP contribution in [-0.4, -0.2) is 16.6 Å². The summed E-state index contributed by atoms with van der Waals surface area (Å²) >= 11 is 5.78. The molecule has 0 atom stereocenters. The maximum atomic E-state index is 11.5. The number of ether oxygens (including phenoxy) is 1. The summed E-state index contributed by atoms with van der Waals surface area (Å²) in [6.07, 6.45) is 2.92. The number of nitrogens with zero attached hydrogens (tertiary/aromatic N) is 1. The molecule has 0 saturated heterocycles. The number of rotatable bonds is 1. The first kappa shape index (κ1) is 11.0. The second kappa shape index (κ2) is 3.96. The monoisotopic (exact) mass is 213 g/mol. The molecule has 0 spiro atoms. The SMILES string of the molecule is CC(C)(C)OC(=O)c1ccncc1Cl. The third-order valence-electron chi connectivity index (χ3n) is 1.39. The van der Waals surface area contributed by atoms with Crippen molar-refractivity contribution in [3.63, 3.8) is 0 Å². The average molecular weight is 214 g/mol. The molecule has 0 aliphatic heterocycles. The standard InChI is InChI=1S/C10H12ClNO2/c1-10(2,3)14-9(13)7-4-5-12-6-8(7)11/h4-6H,1-3H3. The largest absolute Gasteiger partial charge is 0.456 e. The molecule has 0 radical (unpaired) electrons. The molecular formula is C10H12ClNO2. The molecule has 0 aliphatic carbocycles. The van der Waals surface area contributed by atoms with Gasteiger partial charge in [0.25, 0.3) is 0 Å². The van der Waals surface area contributed by atoms with Crippen LogP contribution in [0.15, 0.2) is 18.5 Å². The Kier molecular flexibility index (Phi) is 3.11. The van der Waals surface area contributed by atoms with Crippen molar-refractivity contribution in [3.8, 4) is 0 Å². The summed E-state index contributed by atoms with van der Waals surface area (Å²) in [5.74, 6) is -0.426. The Hall–Kier alpha value is -1.09. The van der Waals surface area contributed by atoms with E-state index in [2.05, 4.69) is 4.98 Å². The Morgan fingerprint density at radius 2 is 2.14 bits per heavy atom. The van der Waals surface area contributed by atoms with Gasteiger partial charge in [-0.05, 0) is 26.8 Å². The quantitative estimate of drug-likeness (QED) is 0.674. The Morgan fingerprint density at radius 3 is 2.64 bits per heavy atom. The van der Waals surface area contributed by atoms with Gasteiger partial charge in [-0.1, -0.05) is 11.6 Å². The molecule has 1 aromatic heterocycles. The number of esters is 1. The zero-order chi connectivity index (χ0) is 10.8. The Bertz CT molecular complexity index is 344. The second-order valence-electron chi connectivity index (χ2n) is 3.86. The number of hydrogen-bond donors (Lipinski definition) is 0. The number of carbonyl (C=O) groups excluding carboxylic acids is 1. The first-order valence-electron chi connectivity index (χ1n) is 4.23. The van der Waals surface area contributed by atoms with E-state index in [9.17, 15) is 4.79 Å². The molecule has 3 nitrogen and oxygen atoms in total. The van der Waals surface area contributed by atoms with Crippen LogP contribution >= 0.6 is 11.6 Å². The normalized spacial score (nSPS) is 11.1. The highest BCUT2D eigenvalue weighted by Gasteiger charge is 2.19. The predicted octanol–water partition coefficient (Wildman–Crippen LogP) is 2.69. The van der Waals surface area contributed by atoms with Gasteiger partial charge in [0, 0.05) is 12.4 Å². The minimum absolute atomic E-state index is 0.307. The van der Waals surface area contributed by atoms with Crippen LogP contribution in [0.25, 0.3) is 0 Å². The fourth-order valence-corrected chi connectivity index (χ4v) is 1.07. The first-order valence-corrected chi connectivity index (χ1v) is 4.61. The van der Waals surface area contributed by atoms with Crippen LogP contribution in [0.2, 0.25) is 5.02 Å². The smallest absolute Gasteiger partial charge is 0.340 e. The van der Waals surface area contributed by atoms with E-state index in [1.54, 1.807) is 20.8 Å². The van der Waals surface area contributed by atoms with Gasteiger partial charge in [-0.2, -0.15) is 0 Å². The van der Waals surface area contributed by atoms with Crippen molar-refractivity contribution in [2.24, 2.45) is 0 Å². The Labute approximate surface area is 88.1 Å². The van der Waals surface area contributed by atoms with Crippen molar-refractivity contribution in [2.45, 2.75) is 26.4 Å². The molecule has 0 saturated carbocycles. The highest BCUT2D eigenvalue weighted by molar-refractivity contribution is 6.33. The third-order valence-corrected chi connectivity index (χ3v) is 1.69. The summed E-state index contributed by atoms with van der Waals surface area (Å²) in [6.45, 7) is 5.42. The predicted molar refractivity (Wildman–Crippen MR) is 54.4 cm³/mol. The summed E-state index contributed by atoms with van der Waals surface area (Å²) in [5.41, 5.74) is -0.166. The Balaban J connectivity index is 2.86. The maximum Gasteiger partial charge on any atom is 0.340 e. The molecule has 1 aromatic rings. The van der Waals surface area contributed by atoms with Crippen LogP contribution in [0.4, 0.5) is 0 Å². The molecule has 0 aliphatic rings. The van der Waals surface area contributed by atoms with Crippen molar-refractivity contribution < 1.29 is 9.53 Å². The van der Waals surface area contributed by atoms with Crippen LogP contribution in [0.5, 0.6) is 0 Å². The summed E-state index contributed by atoms with van der Waals surface area (Å²) < 4.78 is 5.15. The minimum atomic E-state index is -0.510. The van der Waals surface area contributed by atoms with Gasteiger partial charge in [0.15, 0.2) is 0 Å². The third kappa shape index (κ3) is 3.00. The van der Waals surface area contributed by atoms with Gasteiger partial charge in [-0.25, -0.2) is 4.79 Å². The Morgan fingerprint density at radius 1 is 1.50 bits per heavy atom. The van der Waals surface area contributed by atoms with Gasteiger partial charge in [0.2, 0.25) is 0 Å². The van der Waals surface area contributed by atoms with E-state index in [-0.39, 0.29) is 0 Å². The van der Waals surface area contributed by atoms with Gasteiger partial charge >= 0.3 is 5.97 Å². The molecule has 1 rings (SSSR count). The lowest BCUT2D eigenvalue weighted by Gasteiger charge is -2.19. The summed E-state index contributed by atoms with van der Waals surface area (Å²) in [5, 5.41) is 0.307. The highest BCUT2D eigenvalue weighted by Crippen LogP contribution is 2.17. The summed E-state index contributed by atoms with van der Waals surface area (Å²) in [4.78, 5) is 15.3. The second-order valence-corrected chi connectivity index (χ2v) is 4.26. The fraction of sp³-hybridized carbons (Fsp3) is 0.400. The number of aromatic nitrogens is 1. The van der Waals surface area contributed by atoms with E-state index < -0.39 is 11.6 Å². The molecule has 4 heteroatoms. The van der Waals surface area contributed by atoms with E-state index in [1.807, 2.05) is 0 Å². The molecule has 14 heavy (non-hydrogen) atoms. The van der Waals surface area contributed by atoms with E-state index in [0.717, 1.165) is 0 Å². The van der Waals surface area contributed by atoms with E-state index in [0.29, 0.717) is 10.6 Å². The maximum absolute atomic E-state index is 11.5. The molecule has 0 N–H and O–H groups in total. The summed E-state index contributed by atoms with van der Waals surface area (Å²) in [6, 6.07) is 1.54. The zero-order valence-corrected chi connectivity index (χ0v) is 9.13. The van der Waals surface area contributed by atoms with Gasteiger partial charge in [-0.3, -0.25) is 4.98 Å². The van der Waals surface area contributed by atoms with Gasteiger partial charge in [0.05, 0.1) is 10.6 Å². The van der Waals surface area contributed by atoms with Crippen LogP contribution < -0.4 is 0 Å². The molecular weight excluding hydrogens is 202 g/mol. The van der Waals surface area contributed by atoms with Crippen LogP contribution in [0, 0.1) is 0 Å². The first-order chi connectivity index (χ1) is 6.40. The van der Waals surface area contributed by atoms with Gasteiger partial charge in [0.1, 0.15) is 5.60 Å². The lowest BCUT2D eigenvalue weighted by atomic mass is 10.2. The molecule has 0 aromatic carbocycles. The number of pyridine rings is 1. The van der Waals surface area contributed by atoms with E-state index in [1.165, 1.54) is 18.5 Å². The summed E-state index contributed by atoms with van der Waals surface area (Å²) in [7, 11) is 0. The lowest BCUT2D eigenvalue weighted by molar-refractivity contribution is 0.00696. The topological polar surface area (TPSA) is 39.2 Å². The van der Waals surface area contributed by atoms with Crippen molar-refractivity contribution in [2.75, 3.05) is 0 Å². The lowest BCUT2D eigenvalue weighted by Crippen LogP contribution is -2.24. The molecule has 1 heterocycles. The molecule has 0 unspecified atom stereocenters. The molecule has 76 valence electrons. The van der Waals surface area contributed by atoms with Crippen LogP contribution in [0.1, 0.15) is 31.1 Å². The molecule has 0 amide bonds. The van der Waals surface area contributed by atoms with E-state index >= 15 is 0 Å². The number of carbonyl (C=O) groups is 1. The number of halogens is 1. The molecule has 0 bridgehead atoms. The zero-order valence-electron chi connectivity index (χ0n) is 8.37. The average Bonchev–Trinajstić information content (AvgIpc) is 2.01. The van der Waals surface area contributed by atoms with Gasteiger partial charge < -0.3 is 4.74 Å². The van der Waals surface area contributed by atoms with Crippen LogP contribution in [-0.2, 0) is 4.74 Å². The van der Waals surface area contributed by atoms with E-state index in [4.69, 9.17) is 16.3 Å². The van der Waals surface area contributed by atoms with Crippen molar-refractivity contribution in [3.05, 3.63) is 29.0 Å². The van der Waals surface area contributed by atoms with Crippen molar-refractivity contribution >= 4 is 17.6 Å². The number of hydrogen-bond acceptors (Lipinski definition) is 3. The minimum Gasteiger partial charge on any atom is -0.456 e. The highest BCUT2D eigenvalue weighted by atomic mass is 35.5. The van der Waals surface area contributed by atoms with Crippen LogP contribution in [0.3, 0.4) is 0 Å². The fourth-order valence-electron chi connectivity index (χ4n) is 0.874. The van der Waals surface area contributed by atoms with Crippen molar-refractivity contribution in [1.29, 1.82) is 0 Å². The van der Waals surface area contributed by atoms with Gasteiger partial charge in [-0.15, -0.1) is 0 Å². The van der Waals surface area contributed by atoms with Crippen molar-refractivity contribution in [1.82, 2.24) is 4.98 Å². The molecule has 0 fully saturated rings.